The van der Waals surface area contributed by atoms with Crippen LogP contribution in [0.1, 0.15) is 30.6 Å². The van der Waals surface area contributed by atoms with E-state index in [1.807, 2.05) is 0 Å². The summed E-state index contributed by atoms with van der Waals surface area (Å²) in [4.78, 5) is 24.6. The Bertz CT molecular complexity index is 1020. The first-order valence-electron chi connectivity index (χ1n) is 10.2. The first-order chi connectivity index (χ1) is 15.1. The van der Waals surface area contributed by atoms with Gasteiger partial charge in [-0.3, -0.25) is 9.59 Å². The van der Waals surface area contributed by atoms with Crippen molar-refractivity contribution in [1.82, 2.24) is 15.4 Å². The van der Waals surface area contributed by atoms with Crippen molar-refractivity contribution in [2.75, 3.05) is 20.2 Å². The lowest BCUT2D eigenvalue weighted by Crippen LogP contribution is -2.49. The molecule has 4 N–H and O–H groups in total. The highest BCUT2D eigenvalue weighted by atomic mass is 32.2. The fourth-order valence-electron chi connectivity index (χ4n) is 2.84. The summed E-state index contributed by atoms with van der Waals surface area (Å²) in [6.07, 6.45) is 0.451. The molecule has 0 aromatic heterocycles. The van der Waals surface area contributed by atoms with E-state index in [-0.39, 0.29) is 29.0 Å². The number of hydrogen-bond donors (Lipinski definition) is 4. The molecule has 0 unspecified atom stereocenters. The minimum Gasteiger partial charge on any atom is -0.508 e. The maximum atomic E-state index is 12.7. The maximum absolute atomic E-state index is 12.7. The van der Waals surface area contributed by atoms with E-state index < -0.39 is 22.0 Å². The largest absolute Gasteiger partial charge is 0.508 e. The predicted molar refractivity (Wildman–Crippen MR) is 120 cm³/mol. The monoisotopic (exact) mass is 463 g/mol. The average Bonchev–Trinajstić information content (AvgIpc) is 2.76. The lowest BCUT2D eigenvalue weighted by molar-refractivity contribution is -0.123. The molecule has 1 atom stereocenters. The standard InChI is InChI=1S/C22H29N3O6S/c1-15(2)20(25-32(29,30)19-10-8-18(31-3)9-11-19)22(28)24-13-5-12-23-21(27)16-6-4-7-17(26)14-16/h4,6-11,14-15,20,25-26H,5,12-13H2,1-3H3,(H,23,27)(H,24,28)/t20-/m0/s1. The number of rotatable bonds is 11. The van der Waals surface area contributed by atoms with Crippen molar-refractivity contribution in [3.63, 3.8) is 0 Å². The Hall–Kier alpha value is -3.11. The molecule has 0 fully saturated rings. The van der Waals surface area contributed by atoms with Crippen molar-refractivity contribution in [3.8, 4) is 11.5 Å². The second-order valence-electron chi connectivity index (χ2n) is 7.47. The van der Waals surface area contributed by atoms with Gasteiger partial charge in [0, 0.05) is 18.7 Å². The van der Waals surface area contributed by atoms with Crippen molar-refractivity contribution >= 4 is 21.8 Å². The summed E-state index contributed by atoms with van der Waals surface area (Å²) >= 11 is 0. The number of benzene rings is 2. The first kappa shape index (κ1) is 25.2. The molecule has 0 saturated heterocycles. The Morgan fingerprint density at radius 2 is 1.69 bits per heavy atom. The van der Waals surface area contributed by atoms with E-state index >= 15 is 0 Å². The number of amides is 2. The van der Waals surface area contributed by atoms with Crippen LogP contribution in [0.25, 0.3) is 0 Å². The van der Waals surface area contributed by atoms with Gasteiger partial charge in [0.1, 0.15) is 17.5 Å². The average molecular weight is 464 g/mol. The van der Waals surface area contributed by atoms with Crippen molar-refractivity contribution < 1.29 is 27.9 Å². The van der Waals surface area contributed by atoms with E-state index in [1.54, 1.807) is 26.0 Å². The Kier molecular flexibility index (Phi) is 9.03. The van der Waals surface area contributed by atoms with Crippen molar-refractivity contribution in [2.45, 2.75) is 31.2 Å². The van der Waals surface area contributed by atoms with Gasteiger partial charge in [-0.1, -0.05) is 19.9 Å². The van der Waals surface area contributed by atoms with E-state index in [9.17, 15) is 23.1 Å². The lowest BCUT2D eigenvalue weighted by atomic mass is 10.1. The Morgan fingerprint density at radius 1 is 1.03 bits per heavy atom. The molecule has 0 radical (unpaired) electrons. The van der Waals surface area contributed by atoms with Crippen LogP contribution in [0.15, 0.2) is 53.4 Å². The number of aromatic hydroxyl groups is 1. The van der Waals surface area contributed by atoms with Crippen LogP contribution in [0.5, 0.6) is 11.5 Å². The Balaban J connectivity index is 1.85. The molecule has 0 aliphatic rings. The van der Waals surface area contributed by atoms with Gasteiger partial charge in [-0.25, -0.2) is 8.42 Å². The molecule has 10 heteroatoms. The third kappa shape index (κ3) is 7.24. The number of hydrogen-bond acceptors (Lipinski definition) is 6. The number of phenols is 1. The molecular formula is C22H29N3O6S. The normalized spacial score (nSPS) is 12.2. The van der Waals surface area contributed by atoms with Crippen LogP contribution >= 0.6 is 0 Å². The van der Waals surface area contributed by atoms with Crippen molar-refractivity contribution in [2.24, 2.45) is 5.92 Å². The number of carbonyl (C=O) groups excluding carboxylic acids is 2. The van der Waals surface area contributed by atoms with Gasteiger partial charge in [-0.15, -0.1) is 0 Å². The topological polar surface area (TPSA) is 134 Å². The summed E-state index contributed by atoms with van der Waals surface area (Å²) in [6.45, 7) is 4.05. The highest BCUT2D eigenvalue weighted by molar-refractivity contribution is 7.89. The highest BCUT2D eigenvalue weighted by Gasteiger charge is 2.28. The summed E-state index contributed by atoms with van der Waals surface area (Å²) in [5, 5.41) is 14.8. The molecule has 0 aliphatic heterocycles. The summed E-state index contributed by atoms with van der Waals surface area (Å²) in [6, 6.07) is 10.9. The molecule has 2 aromatic carbocycles. The van der Waals surface area contributed by atoms with Gasteiger partial charge in [0.15, 0.2) is 0 Å². The van der Waals surface area contributed by atoms with E-state index in [0.717, 1.165) is 0 Å². The molecule has 0 spiro atoms. The Labute approximate surface area is 188 Å². The third-order valence-corrected chi connectivity index (χ3v) is 6.10. The van der Waals surface area contributed by atoms with Crippen LogP contribution < -0.4 is 20.1 Å². The van der Waals surface area contributed by atoms with Crippen LogP contribution in [-0.2, 0) is 14.8 Å². The van der Waals surface area contributed by atoms with Crippen molar-refractivity contribution in [3.05, 3.63) is 54.1 Å². The Morgan fingerprint density at radius 3 is 2.28 bits per heavy atom. The number of sulfonamides is 1. The van der Waals surface area contributed by atoms with Crippen LogP contribution in [-0.4, -0.2) is 51.6 Å². The van der Waals surface area contributed by atoms with Gasteiger partial charge in [-0.2, -0.15) is 4.72 Å². The van der Waals surface area contributed by atoms with E-state index in [1.165, 1.54) is 43.5 Å². The van der Waals surface area contributed by atoms with E-state index in [4.69, 9.17) is 4.74 Å². The van der Waals surface area contributed by atoms with Gasteiger partial charge in [0.25, 0.3) is 5.91 Å². The SMILES string of the molecule is COc1ccc(S(=O)(=O)N[C@H](C(=O)NCCCNC(=O)c2cccc(O)c2)C(C)C)cc1. The molecule has 2 rings (SSSR count). The number of carbonyl (C=O) groups is 2. The molecule has 0 bridgehead atoms. The lowest BCUT2D eigenvalue weighted by Gasteiger charge is -2.21. The smallest absolute Gasteiger partial charge is 0.251 e. The number of methoxy groups -OCH3 is 1. The zero-order valence-corrected chi connectivity index (χ0v) is 19.1. The molecule has 2 amide bonds. The quantitative estimate of drug-likeness (QED) is 0.374. The highest BCUT2D eigenvalue weighted by Crippen LogP contribution is 2.17. The van der Waals surface area contributed by atoms with Gasteiger partial charge in [0.2, 0.25) is 15.9 Å². The number of phenolic OH excluding ortho intramolecular Hbond substituents is 1. The van der Waals surface area contributed by atoms with E-state index in [0.29, 0.717) is 24.3 Å². The zero-order valence-electron chi connectivity index (χ0n) is 18.3. The fourth-order valence-corrected chi connectivity index (χ4v) is 4.19. The minimum absolute atomic E-state index is 0.00160. The molecule has 2 aromatic rings. The number of ether oxygens (including phenoxy) is 1. The van der Waals surface area contributed by atoms with Gasteiger partial charge < -0.3 is 20.5 Å². The van der Waals surface area contributed by atoms with E-state index in [2.05, 4.69) is 15.4 Å². The number of nitrogens with one attached hydrogen (secondary N) is 3. The molecule has 0 heterocycles. The zero-order chi connectivity index (χ0) is 23.7. The molecule has 9 nitrogen and oxygen atoms in total. The molecule has 174 valence electrons. The summed E-state index contributed by atoms with van der Waals surface area (Å²) in [7, 11) is -2.41. The second-order valence-corrected chi connectivity index (χ2v) is 9.18. The maximum Gasteiger partial charge on any atom is 0.251 e. The molecule has 0 saturated carbocycles. The van der Waals surface area contributed by atoms with Gasteiger partial charge in [0.05, 0.1) is 12.0 Å². The second kappa shape index (κ2) is 11.5. The van der Waals surface area contributed by atoms with Crippen LogP contribution in [0.4, 0.5) is 0 Å². The first-order valence-corrected chi connectivity index (χ1v) is 11.6. The van der Waals surface area contributed by atoms with Gasteiger partial charge >= 0.3 is 0 Å². The van der Waals surface area contributed by atoms with Crippen molar-refractivity contribution in [1.29, 1.82) is 0 Å². The molecule has 0 aliphatic carbocycles. The van der Waals surface area contributed by atoms with Gasteiger partial charge in [-0.05, 0) is 54.8 Å². The fraction of sp³-hybridized carbons (Fsp3) is 0.364. The predicted octanol–water partition coefficient (Wildman–Crippen LogP) is 1.64. The van der Waals surface area contributed by atoms with Crippen LogP contribution in [0.3, 0.4) is 0 Å². The molecule has 32 heavy (non-hydrogen) atoms. The summed E-state index contributed by atoms with van der Waals surface area (Å²) in [5.41, 5.74) is 0.335. The van der Waals surface area contributed by atoms with Crippen LogP contribution in [0, 0.1) is 5.92 Å². The summed E-state index contributed by atoms with van der Waals surface area (Å²) in [5.74, 6) is -0.538. The summed E-state index contributed by atoms with van der Waals surface area (Å²) < 4.78 is 32.8. The van der Waals surface area contributed by atoms with Crippen LogP contribution in [0.2, 0.25) is 0 Å². The third-order valence-electron chi connectivity index (χ3n) is 4.65. The molecular weight excluding hydrogens is 434 g/mol. The minimum atomic E-state index is -3.90.